The van der Waals surface area contributed by atoms with E-state index in [2.05, 4.69) is 16.2 Å². The van der Waals surface area contributed by atoms with Crippen LogP contribution < -0.4 is 16.2 Å². The number of methoxy groups -OCH3 is 1. The first kappa shape index (κ1) is 16.4. The van der Waals surface area contributed by atoms with Gasteiger partial charge in [-0.3, -0.25) is 15.6 Å². The molecular formula is C14H21N3O2S. The predicted octanol–water partition coefficient (Wildman–Crippen LogP) is 1.45. The first-order valence-corrected chi connectivity index (χ1v) is 6.78. The number of benzene rings is 1. The van der Waals surface area contributed by atoms with Gasteiger partial charge in [-0.15, -0.1) is 0 Å². The number of hydrogen-bond acceptors (Lipinski definition) is 3. The Kier molecular flexibility index (Phi) is 6.41. The molecule has 20 heavy (non-hydrogen) atoms. The van der Waals surface area contributed by atoms with E-state index in [1.165, 1.54) is 0 Å². The van der Waals surface area contributed by atoms with Gasteiger partial charge in [0.05, 0.1) is 6.61 Å². The van der Waals surface area contributed by atoms with Crippen LogP contribution in [0, 0.1) is 13.8 Å². The molecule has 0 aliphatic rings. The zero-order valence-electron chi connectivity index (χ0n) is 12.2. The highest BCUT2D eigenvalue weighted by Gasteiger charge is 2.08. The fourth-order valence-electron chi connectivity index (χ4n) is 1.62. The van der Waals surface area contributed by atoms with E-state index in [0.717, 1.165) is 11.1 Å². The highest BCUT2D eigenvalue weighted by Crippen LogP contribution is 2.09. The number of carbonyl (C=O) groups is 1. The molecular weight excluding hydrogens is 274 g/mol. The smallest absolute Gasteiger partial charge is 0.269 e. The number of hydrogen-bond donors (Lipinski definition) is 3. The molecule has 0 radical (unpaired) electrons. The Hall–Kier alpha value is -1.66. The van der Waals surface area contributed by atoms with Gasteiger partial charge in [0.25, 0.3) is 5.91 Å². The van der Waals surface area contributed by atoms with E-state index in [1.54, 1.807) is 13.2 Å². The Bertz CT molecular complexity index is 491. The van der Waals surface area contributed by atoms with Crippen molar-refractivity contribution in [1.82, 2.24) is 16.2 Å². The lowest BCUT2D eigenvalue weighted by Gasteiger charge is -2.16. The average molecular weight is 295 g/mol. The van der Waals surface area contributed by atoms with Crippen molar-refractivity contribution in [2.24, 2.45) is 0 Å². The molecule has 0 unspecified atom stereocenters. The number of ether oxygens (including phenoxy) is 1. The van der Waals surface area contributed by atoms with Crippen molar-refractivity contribution in [3.8, 4) is 0 Å². The summed E-state index contributed by atoms with van der Waals surface area (Å²) in [5, 5.41) is 3.34. The van der Waals surface area contributed by atoms with Crippen LogP contribution >= 0.6 is 12.2 Å². The minimum Gasteiger partial charge on any atom is -0.383 e. The van der Waals surface area contributed by atoms with Gasteiger partial charge < -0.3 is 10.1 Å². The first-order chi connectivity index (χ1) is 9.43. The SMILES string of the molecule is COC[C@H](C)NC(=S)NNC(=O)c1ccc(C)c(C)c1. The third kappa shape index (κ3) is 5.14. The van der Waals surface area contributed by atoms with Crippen LogP contribution in [0.2, 0.25) is 0 Å². The third-order valence-electron chi connectivity index (χ3n) is 2.85. The maximum atomic E-state index is 11.9. The molecule has 0 spiro atoms. The van der Waals surface area contributed by atoms with E-state index in [4.69, 9.17) is 17.0 Å². The van der Waals surface area contributed by atoms with Gasteiger partial charge in [-0.1, -0.05) is 6.07 Å². The summed E-state index contributed by atoms with van der Waals surface area (Å²) >= 11 is 5.07. The summed E-state index contributed by atoms with van der Waals surface area (Å²) in [6.07, 6.45) is 0. The summed E-state index contributed by atoms with van der Waals surface area (Å²) in [6, 6.07) is 5.61. The van der Waals surface area contributed by atoms with Crippen LogP contribution in [0.3, 0.4) is 0 Å². The number of amides is 1. The second-order valence-corrected chi connectivity index (χ2v) is 5.12. The fraction of sp³-hybridized carbons (Fsp3) is 0.429. The molecule has 1 aromatic carbocycles. The Balaban J connectivity index is 2.46. The Morgan fingerprint density at radius 3 is 2.60 bits per heavy atom. The number of thiocarbonyl (C=S) groups is 1. The molecule has 1 amide bonds. The third-order valence-corrected chi connectivity index (χ3v) is 3.07. The summed E-state index contributed by atoms with van der Waals surface area (Å²) < 4.78 is 4.99. The largest absolute Gasteiger partial charge is 0.383 e. The number of hydrazine groups is 1. The second kappa shape index (κ2) is 7.81. The molecule has 0 heterocycles. The van der Waals surface area contributed by atoms with Crippen LogP contribution in [-0.4, -0.2) is 30.8 Å². The molecule has 5 nitrogen and oxygen atoms in total. The van der Waals surface area contributed by atoms with E-state index in [1.807, 2.05) is 32.9 Å². The lowest BCUT2D eigenvalue weighted by Crippen LogP contribution is -2.49. The summed E-state index contributed by atoms with van der Waals surface area (Å²) in [6.45, 7) is 6.44. The fourth-order valence-corrected chi connectivity index (χ4v) is 1.87. The minimum absolute atomic E-state index is 0.0681. The Morgan fingerprint density at radius 2 is 2.00 bits per heavy atom. The van der Waals surface area contributed by atoms with Crippen molar-refractivity contribution in [3.63, 3.8) is 0 Å². The Labute approximate surface area is 125 Å². The van der Waals surface area contributed by atoms with E-state index in [-0.39, 0.29) is 11.9 Å². The Morgan fingerprint density at radius 1 is 1.30 bits per heavy atom. The molecule has 0 saturated heterocycles. The van der Waals surface area contributed by atoms with Gasteiger partial charge in [0.1, 0.15) is 0 Å². The monoisotopic (exact) mass is 295 g/mol. The zero-order valence-corrected chi connectivity index (χ0v) is 13.1. The zero-order chi connectivity index (χ0) is 15.1. The molecule has 1 atom stereocenters. The van der Waals surface area contributed by atoms with Crippen LogP contribution in [0.1, 0.15) is 28.4 Å². The lowest BCUT2D eigenvalue weighted by molar-refractivity contribution is 0.0943. The van der Waals surface area contributed by atoms with Crippen molar-refractivity contribution < 1.29 is 9.53 Å². The normalized spacial score (nSPS) is 11.6. The highest BCUT2D eigenvalue weighted by atomic mass is 32.1. The summed E-state index contributed by atoms with van der Waals surface area (Å²) in [4.78, 5) is 11.9. The van der Waals surface area contributed by atoms with Gasteiger partial charge in [0, 0.05) is 18.7 Å². The van der Waals surface area contributed by atoms with Crippen LogP contribution in [0.25, 0.3) is 0 Å². The van der Waals surface area contributed by atoms with Crippen LogP contribution in [0.5, 0.6) is 0 Å². The number of aryl methyl sites for hydroxylation is 2. The van der Waals surface area contributed by atoms with E-state index in [0.29, 0.717) is 17.3 Å². The van der Waals surface area contributed by atoms with Crippen LogP contribution in [-0.2, 0) is 4.74 Å². The van der Waals surface area contributed by atoms with Crippen molar-refractivity contribution in [2.75, 3.05) is 13.7 Å². The average Bonchev–Trinajstić information content (AvgIpc) is 2.39. The molecule has 0 saturated carbocycles. The maximum Gasteiger partial charge on any atom is 0.269 e. The van der Waals surface area contributed by atoms with E-state index < -0.39 is 0 Å². The standard InChI is InChI=1S/C14H21N3O2S/c1-9-5-6-12(7-10(9)2)13(18)16-17-14(20)15-11(3)8-19-4/h5-7,11H,8H2,1-4H3,(H,16,18)(H2,15,17,20)/t11-/m0/s1. The molecule has 1 aromatic rings. The summed E-state index contributed by atoms with van der Waals surface area (Å²) in [7, 11) is 1.62. The van der Waals surface area contributed by atoms with Gasteiger partial charge in [-0.2, -0.15) is 0 Å². The lowest BCUT2D eigenvalue weighted by atomic mass is 10.1. The van der Waals surface area contributed by atoms with Crippen molar-refractivity contribution in [3.05, 3.63) is 34.9 Å². The molecule has 110 valence electrons. The summed E-state index contributed by atoms with van der Waals surface area (Å²) in [5.41, 5.74) is 8.05. The quantitative estimate of drug-likeness (QED) is 0.580. The second-order valence-electron chi connectivity index (χ2n) is 4.71. The number of nitrogens with one attached hydrogen (secondary N) is 3. The predicted molar refractivity (Wildman–Crippen MR) is 83.6 cm³/mol. The minimum atomic E-state index is -0.225. The first-order valence-electron chi connectivity index (χ1n) is 6.37. The van der Waals surface area contributed by atoms with Gasteiger partial charge in [0.2, 0.25) is 0 Å². The molecule has 0 fully saturated rings. The molecule has 3 N–H and O–H groups in total. The van der Waals surface area contributed by atoms with E-state index in [9.17, 15) is 4.79 Å². The maximum absolute atomic E-state index is 11.9. The van der Waals surface area contributed by atoms with Crippen molar-refractivity contribution in [1.29, 1.82) is 0 Å². The van der Waals surface area contributed by atoms with E-state index >= 15 is 0 Å². The van der Waals surface area contributed by atoms with Crippen LogP contribution in [0.15, 0.2) is 18.2 Å². The van der Waals surface area contributed by atoms with Crippen molar-refractivity contribution in [2.45, 2.75) is 26.8 Å². The number of carbonyl (C=O) groups excluding carboxylic acids is 1. The highest BCUT2D eigenvalue weighted by molar-refractivity contribution is 7.80. The van der Waals surface area contributed by atoms with Crippen molar-refractivity contribution >= 4 is 23.2 Å². The van der Waals surface area contributed by atoms with Gasteiger partial charge in [-0.25, -0.2) is 0 Å². The molecule has 6 heteroatoms. The molecule has 0 aromatic heterocycles. The topological polar surface area (TPSA) is 62.4 Å². The van der Waals surface area contributed by atoms with Gasteiger partial charge >= 0.3 is 0 Å². The number of rotatable bonds is 4. The molecule has 0 aliphatic carbocycles. The molecule has 1 rings (SSSR count). The van der Waals surface area contributed by atoms with Crippen LogP contribution in [0.4, 0.5) is 0 Å². The summed E-state index contributed by atoms with van der Waals surface area (Å²) in [5.74, 6) is -0.225. The molecule has 0 bridgehead atoms. The van der Waals surface area contributed by atoms with Gasteiger partial charge in [-0.05, 0) is 56.2 Å². The molecule has 0 aliphatic heterocycles. The van der Waals surface area contributed by atoms with Gasteiger partial charge in [0.15, 0.2) is 5.11 Å².